The Hall–Kier alpha value is -3.00. The molecule has 0 saturated carbocycles. The van der Waals surface area contributed by atoms with Crippen LogP contribution in [-0.2, 0) is 9.53 Å². The van der Waals surface area contributed by atoms with Crippen molar-refractivity contribution in [2.24, 2.45) is 5.10 Å². The van der Waals surface area contributed by atoms with E-state index < -0.39 is 22.9 Å². The van der Waals surface area contributed by atoms with Crippen LogP contribution in [-0.4, -0.2) is 21.7 Å². The van der Waals surface area contributed by atoms with Gasteiger partial charge < -0.3 is 4.74 Å². The normalized spacial score (nSPS) is 16.4. The number of nitro groups is 1. The summed E-state index contributed by atoms with van der Waals surface area (Å²) in [6, 6.07) is 9.38. The fraction of sp³-hybridized carbons (Fsp3) is 0.125. The number of nitro benzene ring substituents is 1. The van der Waals surface area contributed by atoms with E-state index in [4.69, 9.17) is 16.3 Å². The Balaban J connectivity index is 1.97. The molecule has 1 heterocycles. The largest absolute Gasteiger partial charge is 0.446 e. The smallest absolute Gasteiger partial charge is 0.270 e. The van der Waals surface area contributed by atoms with Gasteiger partial charge in [-0.15, -0.1) is 5.10 Å². The Morgan fingerprint density at radius 1 is 1.36 bits per heavy atom. The average molecular weight is 364 g/mol. The van der Waals surface area contributed by atoms with E-state index >= 15 is 0 Å². The standard InChI is InChI=1S/C16H11ClFN3O4/c1-9(22)20-16(10-3-2-4-11(18)7-10)25-15(19-20)13-6-5-12(21(23)24)8-14(13)17/h2-8,16H,1H3/t16-/m1/s1. The van der Waals surface area contributed by atoms with Crippen molar-refractivity contribution in [1.82, 2.24) is 5.01 Å². The van der Waals surface area contributed by atoms with Gasteiger partial charge in [-0.3, -0.25) is 14.9 Å². The number of nitrogens with zero attached hydrogens (tertiary/aromatic N) is 3. The SMILES string of the molecule is CC(=O)N1N=C(c2ccc([N+](=O)[O-])cc2Cl)O[C@@H]1c1cccc(F)c1. The van der Waals surface area contributed by atoms with E-state index in [2.05, 4.69) is 5.10 Å². The Kier molecular flexibility index (Phi) is 4.37. The van der Waals surface area contributed by atoms with Gasteiger partial charge in [0.05, 0.1) is 15.5 Å². The summed E-state index contributed by atoms with van der Waals surface area (Å²) in [6.45, 7) is 1.29. The van der Waals surface area contributed by atoms with E-state index in [0.717, 1.165) is 11.1 Å². The summed E-state index contributed by atoms with van der Waals surface area (Å²) >= 11 is 6.07. The van der Waals surface area contributed by atoms with E-state index in [9.17, 15) is 19.3 Å². The lowest BCUT2D eigenvalue weighted by Gasteiger charge is -2.19. The molecule has 1 aliphatic heterocycles. The van der Waals surface area contributed by atoms with Crippen LogP contribution in [0.1, 0.15) is 24.3 Å². The number of amides is 1. The number of halogens is 2. The van der Waals surface area contributed by atoms with E-state index in [1.54, 1.807) is 6.07 Å². The van der Waals surface area contributed by atoms with Gasteiger partial charge in [-0.25, -0.2) is 4.39 Å². The number of hydrogen-bond acceptors (Lipinski definition) is 5. The molecule has 0 aromatic heterocycles. The first kappa shape index (κ1) is 16.8. The minimum atomic E-state index is -0.950. The topological polar surface area (TPSA) is 85.0 Å². The van der Waals surface area contributed by atoms with Gasteiger partial charge in [0.2, 0.25) is 18.0 Å². The van der Waals surface area contributed by atoms with Gasteiger partial charge in [-0.2, -0.15) is 5.01 Å². The highest BCUT2D eigenvalue weighted by atomic mass is 35.5. The number of hydrazone groups is 1. The van der Waals surface area contributed by atoms with Crippen LogP contribution in [0.5, 0.6) is 0 Å². The van der Waals surface area contributed by atoms with Crippen LogP contribution >= 0.6 is 11.6 Å². The van der Waals surface area contributed by atoms with Crippen molar-refractivity contribution in [2.45, 2.75) is 13.2 Å². The van der Waals surface area contributed by atoms with Crippen LogP contribution in [0.15, 0.2) is 47.6 Å². The molecular weight excluding hydrogens is 353 g/mol. The number of carbonyl (C=O) groups excluding carboxylic acids is 1. The molecular formula is C16H11ClFN3O4. The number of non-ortho nitro benzene ring substituents is 1. The second-order valence-corrected chi connectivity index (χ2v) is 5.62. The molecule has 0 spiro atoms. The Morgan fingerprint density at radius 3 is 2.72 bits per heavy atom. The third kappa shape index (κ3) is 3.29. The van der Waals surface area contributed by atoms with Gasteiger partial charge in [0.25, 0.3) is 5.69 Å². The zero-order valence-electron chi connectivity index (χ0n) is 12.8. The van der Waals surface area contributed by atoms with Crippen molar-refractivity contribution < 1.29 is 18.8 Å². The van der Waals surface area contributed by atoms with E-state index in [0.29, 0.717) is 5.56 Å². The predicted molar refractivity (Wildman–Crippen MR) is 87.4 cm³/mol. The summed E-state index contributed by atoms with van der Waals surface area (Å²) in [5, 5.41) is 16.0. The molecule has 128 valence electrons. The summed E-state index contributed by atoms with van der Waals surface area (Å²) in [5.41, 5.74) is 0.502. The van der Waals surface area contributed by atoms with Gasteiger partial charge in [0.1, 0.15) is 5.82 Å². The first-order valence-corrected chi connectivity index (χ1v) is 7.49. The van der Waals surface area contributed by atoms with Gasteiger partial charge in [-0.1, -0.05) is 23.7 Å². The zero-order valence-corrected chi connectivity index (χ0v) is 13.6. The first-order chi connectivity index (χ1) is 11.9. The average Bonchev–Trinajstić information content (AvgIpc) is 3.00. The Bertz CT molecular complexity index is 903. The maximum Gasteiger partial charge on any atom is 0.270 e. The second kappa shape index (κ2) is 6.48. The monoisotopic (exact) mass is 363 g/mol. The molecule has 0 radical (unpaired) electrons. The van der Waals surface area contributed by atoms with Crippen LogP contribution < -0.4 is 0 Å². The molecule has 0 unspecified atom stereocenters. The van der Waals surface area contributed by atoms with Gasteiger partial charge in [0.15, 0.2) is 0 Å². The van der Waals surface area contributed by atoms with Gasteiger partial charge in [0, 0.05) is 24.6 Å². The van der Waals surface area contributed by atoms with Crippen LogP contribution in [0.25, 0.3) is 0 Å². The number of ether oxygens (including phenoxy) is 1. The highest BCUT2D eigenvalue weighted by Gasteiger charge is 2.34. The van der Waals surface area contributed by atoms with Crippen molar-refractivity contribution in [3.05, 3.63) is 74.5 Å². The molecule has 0 saturated heterocycles. The number of benzene rings is 2. The number of rotatable bonds is 3. The molecule has 0 fully saturated rings. The molecule has 2 aromatic carbocycles. The number of hydrogen-bond donors (Lipinski definition) is 0. The molecule has 0 aliphatic carbocycles. The predicted octanol–water partition coefficient (Wildman–Crippen LogP) is 3.63. The maximum absolute atomic E-state index is 13.5. The van der Waals surface area contributed by atoms with E-state index in [1.807, 2.05) is 0 Å². The minimum Gasteiger partial charge on any atom is -0.446 e. The van der Waals surface area contributed by atoms with Crippen molar-refractivity contribution in [3.63, 3.8) is 0 Å². The fourth-order valence-corrected chi connectivity index (χ4v) is 2.60. The molecule has 1 aliphatic rings. The Labute approximate surface area is 146 Å². The second-order valence-electron chi connectivity index (χ2n) is 5.22. The summed E-state index contributed by atoms with van der Waals surface area (Å²) in [4.78, 5) is 22.1. The van der Waals surface area contributed by atoms with Crippen molar-refractivity contribution in [3.8, 4) is 0 Å². The lowest BCUT2D eigenvalue weighted by molar-refractivity contribution is -0.384. The van der Waals surface area contributed by atoms with Crippen LogP contribution in [0.3, 0.4) is 0 Å². The molecule has 2 aromatic rings. The van der Waals surface area contributed by atoms with E-state index in [1.165, 1.54) is 37.3 Å². The lowest BCUT2D eigenvalue weighted by atomic mass is 10.2. The summed E-state index contributed by atoms with van der Waals surface area (Å²) in [6.07, 6.45) is -0.950. The summed E-state index contributed by atoms with van der Waals surface area (Å²) in [5.74, 6) is -0.877. The fourth-order valence-electron chi connectivity index (χ4n) is 2.34. The third-order valence-electron chi connectivity index (χ3n) is 3.49. The van der Waals surface area contributed by atoms with Crippen LogP contribution in [0.2, 0.25) is 5.02 Å². The molecule has 0 N–H and O–H groups in total. The highest BCUT2D eigenvalue weighted by Crippen LogP contribution is 2.33. The van der Waals surface area contributed by atoms with Crippen molar-refractivity contribution in [1.29, 1.82) is 0 Å². The molecule has 7 nitrogen and oxygen atoms in total. The zero-order chi connectivity index (χ0) is 18.1. The first-order valence-electron chi connectivity index (χ1n) is 7.11. The van der Waals surface area contributed by atoms with Gasteiger partial charge >= 0.3 is 0 Å². The summed E-state index contributed by atoms with van der Waals surface area (Å²) in [7, 11) is 0. The lowest BCUT2D eigenvalue weighted by Crippen LogP contribution is -2.25. The van der Waals surface area contributed by atoms with Crippen molar-refractivity contribution in [2.75, 3.05) is 0 Å². The quantitative estimate of drug-likeness (QED) is 0.615. The molecule has 0 bridgehead atoms. The molecule has 3 rings (SSSR count). The van der Waals surface area contributed by atoms with Crippen LogP contribution in [0, 0.1) is 15.9 Å². The molecule has 1 atom stereocenters. The third-order valence-corrected chi connectivity index (χ3v) is 3.81. The maximum atomic E-state index is 13.5. The van der Waals surface area contributed by atoms with Crippen molar-refractivity contribution >= 4 is 29.1 Å². The van der Waals surface area contributed by atoms with E-state index in [-0.39, 0.29) is 22.2 Å². The highest BCUT2D eigenvalue weighted by molar-refractivity contribution is 6.34. The molecule has 9 heteroatoms. The van der Waals surface area contributed by atoms with Gasteiger partial charge in [-0.05, 0) is 18.2 Å². The minimum absolute atomic E-state index is 0.0179. The molecule has 1 amide bonds. The summed E-state index contributed by atoms with van der Waals surface area (Å²) < 4.78 is 19.1. The number of carbonyl (C=O) groups is 1. The Morgan fingerprint density at radius 2 is 2.12 bits per heavy atom. The molecule has 25 heavy (non-hydrogen) atoms. The van der Waals surface area contributed by atoms with Crippen LogP contribution in [0.4, 0.5) is 10.1 Å².